The standard InChI is InChI=1S/C15H14N2O3S2/c1-7-9(3)22-14-11(7)13(18)16-12(17-14)8(2)20-15(19)10-5-4-6-21-10/h4-6,8H,1-3H3,(H,16,17,18)/t8-/m0/s1. The van der Waals surface area contributed by atoms with Crippen LogP contribution in [0.25, 0.3) is 10.2 Å². The Labute approximate surface area is 134 Å². The second kappa shape index (κ2) is 5.66. The fraction of sp³-hybridized carbons (Fsp3) is 0.267. The molecule has 5 nitrogen and oxygen atoms in total. The van der Waals surface area contributed by atoms with Crippen molar-refractivity contribution >= 4 is 38.9 Å². The maximum absolute atomic E-state index is 12.2. The lowest BCUT2D eigenvalue weighted by atomic mass is 10.2. The van der Waals surface area contributed by atoms with Crippen molar-refractivity contribution in [1.82, 2.24) is 9.97 Å². The number of carbonyl (C=O) groups excluding carboxylic acids is 1. The van der Waals surface area contributed by atoms with Gasteiger partial charge in [0.1, 0.15) is 9.71 Å². The summed E-state index contributed by atoms with van der Waals surface area (Å²) in [7, 11) is 0. The maximum Gasteiger partial charge on any atom is 0.349 e. The normalized spacial score (nSPS) is 12.5. The first-order valence-corrected chi connectivity index (χ1v) is 8.41. The molecule has 0 amide bonds. The minimum Gasteiger partial charge on any atom is -0.450 e. The van der Waals surface area contributed by atoms with Gasteiger partial charge < -0.3 is 9.72 Å². The molecule has 0 aliphatic rings. The molecule has 22 heavy (non-hydrogen) atoms. The molecule has 0 radical (unpaired) electrons. The molecule has 0 saturated heterocycles. The first-order chi connectivity index (χ1) is 10.5. The molecule has 0 fully saturated rings. The highest BCUT2D eigenvalue weighted by atomic mass is 32.1. The van der Waals surface area contributed by atoms with Crippen molar-refractivity contribution in [3.63, 3.8) is 0 Å². The van der Waals surface area contributed by atoms with Gasteiger partial charge in [0.25, 0.3) is 5.56 Å². The fourth-order valence-electron chi connectivity index (χ4n) is 2.13. The zero-order valence-corrected chi connectivity index (χ0v) is 13.9. The van der Waals surface area contributed by atoms with Gasteiger partial charge in [-0.3, -0.25) is 4.79 Å². The van der Waals surface area contributed by atoms with E-state index in [4.69, 9.17) is 4.74 Å². The summed E-state index contributed by atoms with van der Waals surface area (Å²) in [5.74, 6) is -0.0487. The van der Waals surface area contributed by atoms with Gasteiger partial charge in [0, 0.05) is 4.88 Å². The van der Waals surface area contributed by atoms with E-state index in [9.17, 15) is 9.59 Å². The molecule has 0 spiro atoms. The van der Waals surface area contributed by atoms with Crippen LogP contribution in [-0.4, -0.2) is 15.9 Å². The zero-order chi connectivity index (χ0) is 15.9. The lowest BCUT2D eigenvalue weighted by Crippen LogP contribution is -2.16. The lowest BCUT2D eigenvalue weighted by Gasteiger charge is -2.11. The van der Waals surface area contributed by atoms with Crippen molar-refractivity contribution in [2.24, 2.45) is 0 Å². The summed E-state index contributed by atoms with van der Waals surface area (Å²) in [5.41, 5.74) is 0.754. The highest BCUT2D eigenvalue weighted by molar-refractivity contribution is 7.18. The second-order valence-corrected chi connectivity index (χ2v) is 7.09. The van der Waals surface area contributed by atoms with Crippen LogP contribution in [0.2, 0.25) is 0 Å². The van der Waals surface area contributed by atoms with Crippen molar-refractivity contribution in [3.05, 3.63) is 49.0 Å². The zero-order valence-electron chi connectivity index (χ0n) is 12.3. The number of carbonyl (C=O) groups is 1. The van der Waals surface area contributed by atoms with Crippen LogP contribution in [0, 0.1) is 13.8 Å². The van der Waals surface area contributed by atoms with Gasteiger partial charge in [-0.2, -0.15) is 0 Å². The van der Waals surface area contributed by atoms with Gasteiger partial charge in [0.05, 0.1) is 5.39 Å². The van der Waals surface area contributed by atoms with E-state index < -0.39 is 12.1 Å². The Morgan fingerprint density at radius 3 is 2.86 bits per heavy atom. The number of hydrogen-bond acceptors (Lipinski definition) is 6. The van der Waals surface area contributed by atoms with Crippen LogP contribution >= 0.6 is 22.7 Å². The molecule has 0 aromatic carbocycles. The summed E-state index contributed by atoms with van der Waals surface area (Å²) < 4.78 is 5.37. The van der Waals surface area contributed by atoms with Crippen LogP contribution in [-0.2, 0) is 4.74 Å². The maximum atomic E-state index is 12.2. The van der Waals surface area contributed by atoms with Gasteiger partial charge in [-0.25, -0.2) is 9.78 Å². The third-order valence-corrected chi connectivity index (χ3v) is 5.40. The van der Waals surface area contributed by atoms with Gasteiger partial charge in [-0.1, -0.05) is 6.07 Å². The van der Waals surface area contributed by atoms with E-state index in [0.717, 1.165) is 10.4 Å². The SMILES string of the molecule is Cc1sc2nc([C@H](C)OC(=O)c3cccs3)[nH]c(=O)c2c1C. The number of nitrogens with one attached hydrogen (secondary N) is 1. The first-order valence-electron chi connectivity index (χ1n) is 6.71. The molecule has 1 atom stereocenters. The summed E-state index contributed by atoms with van der Waals surface area (Å²) in [4.78, 5) is 33.6. The molecule has 0 saturated carbocycles. The molecule has 7 heteroatoms. The van der Waals surface area contributed by atoms with E-state index in [1.807, 2.05) is 19.2 Å². The average Bonchev–Trinajstić information content (AvgIpc) is 3.08. The van der Waals surface area contributed by atoms with Gasteiger partial charge >= 0.3 is 5.97 Å². The Balaban J connectivity index is 1.93. The number of aryl methyl sites for hydroxylation is 2. The molecule has 0 unspecified atom stereocenters. The number of aromatic nitrogens is 2. The van der Waals surface area contributed by atoms with Crippen molar-refractivity contribution < 1.29 is 9.53 Å². The van der Waals surface area contributed by atoms with Crippen LogP contribution < -0.4 is 5.56 Å². The minimum absolute atomic E-state index is 0.194. The van der Waals surface area contributed by atoms with E-state index in [2.05, 4.69) is 9.97 Å². The molecule has 1 N–H and O–H groups in total. The third-order valence-electron chi connectivity index (χ3n) is 3.45. The monoisotopic (exact) mass is 334 g/mol. The van der Waals surface area contributed by atoms with Crippen molar-refractivity contribution in [2.45, 2.75) is 26.9 Å². The summed E-state index contributed by atoms with van der Waals surface area (Å²) in [6, 6.07) is 3.49. The number of rotatable bonds is 3. The number of fused-ring (bicyclic) bond motifs is 1. The van der Waals surface area contributed by atoms with Crippen molar-refractivity contribution in [2.75, 3.05) is 0 Å². The molecular weight excluding hydrogens is 320 g/mol. The predicted molar refractivity (Wildman–Crippen MR) is 87.9 cm³/mol. The number of H-pyrrole nitrogens is 1. The van der Waals surface area contributed by atoms with E-state index in [0.29, 0.717) is 20.9 Å². The number of nitrogens with zero attached hydrogens (tertiary/aromatic N) is 1. The molecule has 3 heterocycles. The highest BCUT2D eigenvalue weighted by Crippen LogP contribution is 2.27. The minimum atomic E-state index is -0.616. The third kappa shape index (κ3) is 2.57. The Bertz CT molecular complexity index is 894. The molecule has 3 aromatic rings. The van der Waals surface area contributed by atoms with Crippen LogP contribution in [0.5, 0.6) is 0 Å². The molecular formula is C15H14N2O3S2. The Kier molecular flexibility index (Phi) is 3.84. The quantitative estimate of drug-likeness (QED) is 0.743. The van der Waals surface area contributed by atoms with E-state index in [1.54, 1.807) is 19.1 Å². The van der Waals surface area contributed by atoms with Crippen LogP contribution in [0.4, 0.5) is 0 Å². The highest BCUT2D eigenvalue weighted by Gasteiger charge is 2.19. The summed E-state index contributed by atoms with van der Waals surface area (Å²) in [5, 5.41) is 2.42. The van der Waals surface area contributed by atoms with Crippen molar-refractivity contribution in [1.29, 1.82) is 0 Å². The predicted octanol–water partition coefficient (Wildman–Crippen LogP) is 3.58. The summed E-state index contributed by atoms with van der Waals surface area (Å²) in [6.07, 6.45) is -0.616. The average molecular weight is 334 g/mol. The second-order valence-electron chi connectivity index (χ2n) is 4.94. The van der Waals surface area contributed by atoms with E-state index in [1.165, 1.54) is 22.7 Å². The van der Waals surface area contributed by atoms with E-state index >= 15 is 0 Å². The molecule has 3 rings (SSSR count). The number of aromatic amines is 1. The van der Waals surface area contributed by atoms with E-state index in [-0.39, 0.29) is 5.56 Å². The number of ether oxygens (including phenoxy) is 1. The number of hydrogen-bond donors (Lipinski definition) is 1. The molecule has 0 bridgehead atoms. The van der Waals surface area contributed by atoms with Crippen LogP contribution in [0.3, 0.4) is 0 Å². The molecule has 3 aromatic heterocycles. The Morgan fingerprint density at radius 1 is 1.41 bits per heavy atom. The smallest absolute Gasteiger partial charge is 0.349 e. The fourth-order valence-corrected chi connectivity index (χ4v) is 3.78. The molecule has 0 aliphatic heterocycles. The molecule has 0 aliphatic carbocycles. The van der Waals surface area contributed by atoms with Crippen LogP contribution in [0.1, 0.15) is 39.0 Å². The summed E-state index contributed by atoms with van der Waals surface area (Å²) >= 11 is 2.79. The Morgan fingerprint density at radius 2 is 2.18 bits per heavy atom. The number of esters is 1. The van der Waals surface area contributed by atoms with Crippen molar-refractivity contribution in [3.8, 4) is 0 Å². The Hall–Kier alpha value is -1.99. The number of thiophene rings is 2. The van der Waals surface area contributed by atoms with Gasteiger partial charge in [-0.05, 0) is 37.8 Å². The molecule has 114 valence electrons. The van der Waals surface area contributed by atoms with Gasteiger partial charge in [0.15, 0.2) is 11.9 Å². The van der Waals surface area contributed by atoms with Gasteiger partial charge in [0.2, 0.25) is 0 Å². The largest absolute Gasteiger partial charge is 0.450 e. The van der Waals surface area contributed by atoms with Gasteiger partial charge in [-0.15, -0.1) is 22.7 Å². The van der Waals surface area contributed by atoms with Crippen LogP contribution in [0.15, 0.2) is 22.3 Å². The topological polar surface area (TPSA) is 72.0 Å². The lowest BCUT2D eigenvalue weighted by molar-refractivity contribution is 0.0326. The summed E-state index contributed by atoms with van der Waals surface area (Å²) in [6.45, 7) is 5.56. The first kappa shape index (κ1) is 14.9.